The molecule has 4 aromatic carbocycles. The molecular weight excluding hydrogens is 732 g/mol. The van der Waals surface area contributed by atoms with Crippen LogP contribution in [-0.2, 0) is 16.1 Å². The van der Waals surface area contributed by atoms with Gasteiger partial charge in [0.2, 0.25) is 0 Å². The normalized spacial score (nSPS) is 14.4. The van der Waals surface area contributed by atoms with Crippen LogP contribution in [0.3, 0.4) is 0 Å². The van der Waals surface area contributed by atoms with Crippen molar-refractivity contribution >= 4 is 60.9 Å². The highest BCUT2D eigenvalue weighted by atomic mass is 79.9. The number of aromatic nitrogens is 1. The topological polar surface area (TPSA) is 79.1 Å². The number of thiazole rings is 1. The van der Waals surface area contributed by atoms with Gasteiger partial charge in [-0.1, -0.05) is 100 Å². The van der Waals surface area contributed by atoms with E-state index in [9.17, 15) is 9.59 Å². The van der Waals surface area contributed by atoms with Gasteiger partial charge in [-0.3, -0.25) is 9.36 Å². The number of esters is 1. The zero-order valence-corrected chi connectivity index (χ0v) is 28.9. The Morgan fingerprint density at radius 1 is 0.978 bits per heavy atom. The Hall–Kier alpha value is -4.25. The molecule has 0 unspecified atom stereocenters. The summed E-state index contributed by atoms with van der Waals surface area (Å²) in [7, 11) is 1.58. The quantitative estimate of drug-likeness (QED) is 0.151. The Morgan fingerprint density at radius 2 is 1.67 bits per heavy atom. The molecule has 0 amide bonds. The van der Waals surface area contributed by atoms with Gasteiger partial charge in [0.05, 0.1) is 40.0 Å². The first-order chi connectivity index (χ1) is 22.4. The van der Waals surface area contributed by atoms with Crippen LogP contribution in [0.2, 0.25) is 0 Å². The molecule has 5 aromatic rings. The molecule has 2 heterocycles. The lowest BCUT2D eigenvalue weighted by atomic mass is 9.93. The lowest BCUT2D eigenvalue weighted by Crippen LogP contribution is -2.39. The number of halogens is 2. The van der Waals surface area contributed by atoms with Crippen molar-refractivity contribution in [1.82, 2.24) is 4.57 Å². The number of hydrogen-bond donors (Lipinski definition) is 0. The molecule has 10 heteroatoms. The summed E-state index contributed by atoms with van der Waals surface area (Å²) >= 11 is 8.36. The molecular formula is C36H28Br2N2O5S. The van der Waals surface area contributed by atoms with E-state index in [2.05, 4.69) is 31.9 Å². The molecule has 46 heavy (non-hydrogen) atoms. The van der Waals surface area contributed by atoms with Crippen LogP contribution in [0.15, 0.2) is 121 Å². The van der Waals surface area contributed by atoms with Gasteiger partial charge in [0, 0.05) is 10.0 Å². The van der Waals surface area contributed by atoms with Gasteiger partial charge in [-0.2, -0.15) is 0 Å². The fraction of sp³-hybridized carbons (Fsp3) is 0.139. The number of carbonyl (C=O) groups excluding carboxylic acids is 1. The number of hydrogen-bond acceptors (Lipinski definition) is 7. The van der Waals surface area contributed by atoms with Crippen LogP contribution in [0.5, 0.6) is 11.5 Å². The van der Waals surface area contributed by atoms with Crippen molar-refractivity contribution in [2.75, 3.05) is 13.7 Å². The largest absolute Gasteiger partial charge is 0.493 e. The number of ether oxygens (including phenoxy) is 3. The highest BCUT2D eigenvalue weighted by molar-refractivity contribution is 9.10. The number of benzene rings is 4. The third-order valence-electron chi connectivity index (χ3n) is 7.33. The molecule has 0 saturated carbocycles. The molecule has 0 fully saturated rings. The second-order valence-corrected chi connectivity index (χ2v) is 13.1. The standard InChI is InChI=1S/C36H28Br2N2O5S/c1-3-44-35(42)30-31(24-10-6-4-7-11-24)39-36-40(32(30)25-12-8-5-9-13-25)34(41)29(46-36)20-23-18-27(38)33(28(19-23)43-2)45-21-22-14-16-26(37)17-15-22/h4-20,32H,3,21H2,1-2H3/b29-20-/t32-/m1/s1. The van der Waals surface area contributed by atoms with Crippen LogP contribution in [0.1, 0.15) is 35.2 Å². The molecule has 0 saturated heterocycles. The van der Waals surface area contributed by atoms with Gasteiger partial charge in [-0.05, 0) is 69.9 Å². The van der Waals surface area contributed by atoms with Crippen molar-refractivity contribution in [1.29, 1.82) is 0 Å². The van der Waals surface area contributed by atoms with Gasteiger partial charge in [-0.15, -0.1) is 0 Å². The Morgan fingerprint density at radius 3 is 2.35 bits per heavy atom. The van der Waals surface area contributed by atoms with Gasteiger partial charge in [0.15, 0.2) is 16.3 Å². The summed E-state index contributed by atoms with van der Waals surface area (Å²) < 4.78 is 21.1. The maximum atomic E-state index is 14.2. The van der Waals surface area contributed by atoms with Crippen LogP contribution in [0, 0.1) is 0 Å². The summed E-state index contributed by atoms with van der Waals surface area (Å²) in [6, 6.07) is 29.9. The first-order valence-corrected chi connectivity index (χ1v) is 16.9. The van der Waals surface area contributed by atoms with E-state index in [0.717, 1.165) is 26.7 Å². The number of rotatable bonds is 9. The molecule has 0 N–H and O–H groups in total. The van der Waals surface area contributed by atoms with Crippen molar-refractivity contribution in [2.45, 2.75) is 19.6 Å². The van der Waals surface area contributed by atoms with Crippen LogP contribution >= 0.6 is 43.2 Å². The number of methoxy groups -OCH3 is 1. The van der Waals surface area contributed by atoms with E-state index >= 15 is 0 Å². The van der Waals surface area contributed by atoms with E-state index in [4.69, 9.17) is 19.2 Å². The van der Waals surface area contributed by atoms with Gasteiger partial charge in [-0.25, -0.2) is 9.79 Å². The predicted octanol–water partition coefficient (Wildman–Crippen LogP) is 7.05. The Labute approximate surface area is 286 Å². The summed E-state index contributed by atoms with van der Waals surface area (Å²) in [5.74, 6) is 0.559. The van der Waals surface area contributed by atoms with Crippen LogP contribution in [-0.4, -0.2) is 24.3 Å². The van der Waals surface area contributed by atoms with Crippen molar-refractivity contribution in [3.8, 4) is 11.5 Å². The fourth-order valence-electron chi connectivity index (χ4n) is 5.24. The second-order valence-electron chi connectivity index (χ2n) is 10.3. The molecule has 232 valence electrons. The van der Waals surface area contributed by atoms with Crippen molar-refractivity contribution in [2.24, 2.45) is 4.99 Å². The van der Waals surface area contributed by atoms with E-state index in [1.165, 1.54) is 11.3 Å². The molecule has 0 bridgehead atoms. The summed E-state index contributed by atoms with van der Waals surface area (Å²) in [5.41, 5.74) is 3.81. The molecule has 7 nitrogen and oxygen atoms in total. The van der Waals surface area contributed by atoms with Gasteiger partial charge < -0.3 is 14.2 Å². The number of nitrogens with zero attached hydrogens (tertiary/aromatic N) is 2. The van der Waals surface area contributed by atoms with E-state index in [1.54, 1.807) is 24.7 Å². The summed E-state index contributed by atoms with van der Waals surface area (Å²) in [6.45, 7) is 2.30. The molecule has 1 aliphatic heterocycles. The maximum absolute atomic E-state index is 14.2. The van der Waals surface area contributed by atoms with Crippen LogP contribution in [0.25, 0.3) is 11.8 Å². The third-order valence-corrected chi connectivity index (χ3v) is 9.44. The molecule has 0 spiro atoms. The SMILES string of the molecule is CCOC(=O)C1=C(c2ccccc2)N=c2s/c(=C\c3cc(Br)c(OCc4ccc(Br)cc4)c(OC)c3)c(=O)n2[C@@H]1c1ccccc1. The van der Waals surface area contributed by atoms with E-state index < -0.39 is 12.0 Å². The van der Waals surface area contributed by atoms with Gasteiger partial charge in [0.25, 0.3) is 5.56 Å². The zero-order valence-electron chi connectivity index (χ0n) is 24.9. The van der Waals surface area contributed by atoms with Crippen LogP contribution in [0.4, 0.5) is 0 Å². The van der Waals surface area contributed by atoms with Gasteiger partial charge in [0.1, 0.15) is 6.61 Å². The van der Waals surface area contributed by atoms with E-state index in [0.29, 0.717) is 43.2 Å². The molecule has 6 rings (SSSR count). The minimum absolute atomic E-state index is 0.190. The lowest BCUT2D eigenvalue weighted by molar-refractivity contribution is -0.138. The van der Waals surface area contributed by atoms with Crippen LogP contribution < -0.4 is 24.4 Å². The average Bonchev–Trinajstić information content (AvgIpc) is 3.38. The summed E-state index contributed by atoms with van der Waals surface area (Å²) in [4.78, 5) is 33.2. The average molecular weight is 761 g/mol. The van der Waals surface area contributed by atoms with E-state index in [-0.39, 0.29) is 12.2 Å². The monoisotopic (exact) mass is 758 g/mol. The zero-order chi connectivity index (χ0) is 32.2. The molecule has 1 aromatic heterocycles. The summed E-state index contributed by atoms with van der Waals surface area (Å²) in [6.07, 6.45) is 1.80. The maximum Gasteiger partial charge on any atom is 0.338 e. The first-order valence-electron chi connectivity index (χ1n) is 14.5. The Bertz CT molecular complexity index is 2110. The predicted molar refractivity (Wildman–Crippen MR) is 187 cm³/mol. The van der Waals surface area contributed by atoms with E-state index in [1.807, 2.05) is 97.1 Å². The van der Waals surface area contributed by atoms with Crippen molar-refractivity contribution in [3.63, 3.8) is 0 Å². The summed E-state index contributed by atoms with van der Waals surface area (Å²) in [5, 5.41) is 0. The molecule has 0 radical (unpaired) electrons. The Balaban J connectivity index is 1.48. The first kappa shape index (κ1) is 31.7. The van der Waals surface area contributed by atoms with Crippen molar-refractivity contribution in [3.05, 3.63) is 154 Å². The number of fused-ring (bicyclic) bond motifs is 1. The number of carbonyl (C=O) groups is 1. The highest BCUT2D eigenvalue weighted by Gasteiger charge is 2.35. The highest BCUT2D eigenvalue weighted by Crippen LogP contribution is 2.38. The molecule has 0 aliphatic carbocycles. The lowest BCUT2D eigenvalue weighted by Gasteiger charge is -2.25. The third kappa shape index (κ3) is 6.51. The second kappa shape index (κ2) is 14.0. The minimum Gasteiger partial charge on any atom is -0.493 e. The Kier molecular flexibility index (Phi) is 9.67. The van der Waals surface area contributed by atoms with Crippen molar-refractivity contribution < 1.29 is 19.0 Å². The smallest absolute Gasteiger partial charge is 0.338 e. The van der Waals surface area contributed by atoms with Gasteiger partial charge >= 0.3 is 5.97 Å². The fourth-order valence-corrected chi connectivity index (χ4v) is 7.08. The molecule has 1 atom stereocenters. The minimum atomic E-state index is -0.732. The molecule has 1 aliphatic rings.